The maximum Gasteiger partial charge on any atom is 0.109 e. The van der Waals surface area contributed by atoms with Gasteiger partial charge >= 0.3 is 0 Å². The first-order valence-corrected chi connectivity index (χ1v) is 7.25. The van der Waals surface area contributed by atoms with Crippen LogP contribution in [0.2, 0.25) is 5.02 Å². The minimum absolute atomic E-state index is 0. The largest absolute Gasteiger partial charge is 0.330 e. The highest BCUT2D eigenvalue weighted by molar-refractivity contribution is 6.31. The van der Waals surface area contributed by atoms with Gasteiger partial charge in [-0.15, -0.1) is 12.4 Å². The van der Waals surface area contributed by atoms with Crippen LogP contribution in [-0.4, -0.2) is 12.4 Å². The highest BCUT2D eigenvalue weighted by atomic mass is 35.5. The lowest BCUT2D eigenvalue weighted by Gasteiger charge is -2.19. The molecule has 1 heterocycles. The maximum absolute atomic E-state index is 9.16. The minimum Gasteiger partial charge on any atom is -0.330 e. The van der Waals surface area contributed by atoms with Crippen LogP contribution in [0.5, 0.6) is 0 Å². The van der Waals surface area contributed by atoms with Gasteiger partial charge < -0.3 is 4.90 Å². The molecule has 0 bridgehead atoms. The average Bonchev–Trinajstić information content (AvgIpc) is 2.96. The van der Waals surface area contributed by atoms with Gasteiger partial charge in [-0.1, -0.05) is 29.8 Å². The molecule has 0 radical (unpaired) electrons. The molecule has 3 rings (SSSR count). The fourth-order valence-corrected chi connectivity index (χ4v) is 2.69. The smallest absolute Gasteiger partial charge is 0.109 e. The van der Waals surface area contributed by atoms with Crippen molar-refractivity contribution in [3.63, 3.8) is 0 Å². The summed E-state index contributed by atoms with van der Waals surface area (Å²) in [5, 5.41) is 9.88. The van der Waals surface area contributed by atoms with Gasteiger partial charge in [-0.25, -0.2) is 4.99 Å². The van der Waals surface area contributed by atoms with Crippen LogP contribution in [0.3, 0.4) is 0 Å². The Morgan fingerprint density at radius 3 is 2.73 bits per heavy atom. The van der Waals surface area contributed by atoms with Crippen LogP contribution >= 0.6 is 24.0 Å². The quantitative estimate of drug-likeness (QED) is 0.779. The van der Waals surface area contributed by atoms with Crippen molar-refractivity contribution in [3.8, 4) is 6.07 Å². The lowest BCUT2D eigenvalue weighted by molar-refractivity contribution is 0.956. The Balaban J connectivity index is 0.00000176. The van der Waals surface area contributed by atoms with E-state index in [1.165, 1.54) is 0 Å². The maximum atomic E-state index is 9.16. The van der Waals surface area contributed by atoms with Crippen molar-refractivity contribution in [2.75, 3.05) is 11.4 Å². The molecule has 0 N–H and O–H groups in total. The van der Waals surface area contributed by atoms with Gasteiger partial charge in [0.1, 0.15) is 11.9 Å². The predicted octanol–water partition coefficient (Wildman–Crippen LogP) is 4.96. The van der Waals surface area contributed by atoms with E-state index in [0.29, 0.717) is 5.56 Å². The zero-order valence-corrected chi connectivity index (χ0v) is 13.4. The fraction of sp³-hybridized carbons (Fsp3) is 0.176. The summed E-state index contributed by atoms with van der Waals surface area (Å²) in [6.45, 7) is 0.925. The van der Waals surface area contributed by atoms with Gasteiger partial charge in [-0.3, -0.25) is 0 Å². The summed E-state index contributed by atoms with van der Waals surface area (Å²) in [6, 6.07) is 17.4. The molecule has 1 saturated heterocycles. The number of amidine groups is 1. The van der Waals surface area contributed by atoms with E-state index in [1.807, 2.05) is 42.5 Å². The first-order chi connectivity index (χ1) is 10.3. The third-order valence-electron chi connectivity index (χ3n) is 3.49. The third kappa shape index (κ3) is 3.41. The van der Waals surface area contributed by atoms with Gasteiger partial charge in [0.15, 0.2) is 0 Å². The normalized spacial score (nSPS) is 15.5. The molecule has 0 spiro atoms. The number of rotatable bonds is 2. The summed E-state index contributed by atoms with van der Waals surface area (Å²) < 4.78 is 0. The second-order valence-electron chi connectivity index (χ2n) is 4.89. The standard InChI is InChI=1S/C17H14ClN3.ClH/c18-14-6-3-7-15(11-14)21-10-4-9-17(21)20-16-8-2-1-5-13(16)12-19;/h1-3,5-8,11H,4,9-10H2;1H. The lowest BCUT2D eigenvalue weighted by atomic mass is 10.2. The van der Waals surface area contributed by atoms with Crippen LogP contribution in [-0.2, 0) is 0 Å². The zero-order valence-electron chi connectivity index (χ0n) is 11.9. The Hall–Kier alpha value is -2.02. The highest BCUT2D eigenvalue weighted by Crippen LogP contribution is 2.27. The summed E-state index contributed by atoms with van der Waals surface area (Å²) in [6.07, 6.45) is 1.96. The van der Waals surface area contributed by atoms with Crippen molar-refractivity contribution >= 4 is 41.2 Å². The van der Waals surface area contributed by atoms with Gasteiger partial charge in [-0.2, -0.15) is 5.26 Å². The molecule has 5 heteroatoms. The molecule has 0 aliphatic carbocycles. The van der Waals surface area contributed by atoms with Crippen molar-refractivity contribution in [1.82, 2.24) is 0 Å². The highest BCUT2D eigenvalue weighted by Gasteiger charge is 2.20. The summed E-state index contributed by atoms with van der Waals surface area (Å²) in [4.78, 5) is 6.86. The van der Waals surface area contributed by atoms with Crippen molar-refractivity contribution in [2.24, 2.45) is 4.99 Å². The first kappa shape index (κ1) is 16.4. The molecule has 0 atom stereocenters. The topological polar surface area (TPSA) is 39.4 Å². The van der Waals surface area contributed by atoms with E-state index in [2.05, 4.69) is 11.0 Å². The number of nitrogens with zero attached hydrogens (tertiary/aromatic N) is 3. The molecular weight excluding hydrogens is 317 g/mol. The number of anilines is 1. The predicted molar refractivity (Wildman–Crippen MR) is 93.5 cm³/mol. The van der Waals surface area contributed by atoms with Gasteiger partial charge in [0.05, 0.1) is 11.3 Å². The van der Waals surface area contributed by atoms with Crippen molar-refractivity contribution in [1.29, 1.82) is 5.26 Å². The van der Waals surface area contributed by atoms with E-state index in [9.17, 15) is 0 Å². The monoisotopic (exact) mass is 331 g/mol. The fourth-order valence-electron chi connectivity index (χ4n) is 2.50. The number of benzene rings is 2. The van der Waals surface area contributed by atoms with Crippen LogP contribution < -0.4 is 4.90 Å². The molecule has 2 aromatic carbocycles. The molecule has 0 aromatic heterocycles. The van der Waals surface area contributed by atoms with E-state index >= 15 is 0 Å². The van der Waals surface area contributed by atoms with Gasteiger partial charge in [0.25, 0.3) is 0 Å². The first-order valence-electron chi connectivity index (χ1n) is 6.88. The molecule has 0 saturated carbocycles. The summed E-state index contributed by atoms with van der Waals surface area (Å²) in [7, 11) is 0. The Labute approximate surface area is 141 Å². The number of hydrogen-bond acceptors (Lipinski definition) is 2. The van der Waals surface area contributed by atoms with Crippen molar-refractivity contribution in [2.45, 2.75) is 12.8 Å². The molecule has 2 aromatic rings. The SMILES string of the molecule is Cl.N#Cc1ccccc1N=C1CCCN1c1cccc(Cl)c1. The number of halogens is 2. The molecule has 3 nitrogen and oxygen atoms in total. The molecule has 0 amide bonds. The molecule has 112 valence electrons. The molecular formula is C17H15Cl2N3. The second-order valence-corrected chi connectivity index (χ2v) is 5.33. The summed E-state index contributed by atoms with van der Waals surface area (Å²) >= 11 is 6.07. The van der Waals surface area contributed by atoms with Crippen LogP contribution in [0.25, 0.3) is 0 Å². The Morgan fingerprint density at radius 2 is 1.95 bits per heavy atom. The number of hydrogen-bond donors (Lipinski definition) is 0. The zero-order chi connectivity index (χ0) is 14.7. The van der Waals surface area contributed by atoms with Gasteiger partial charge in [-0.05, 0) is 36.8 Å². The summed E-state index contributed by atoms with van der Waals surface area (Å²) in [5.74, 6) is 0.986. The Kier molecular flexibility index (Phi) is 5.43. The molecule has 1 fully saturated rings. The van der Waals surface area contributed by atoms with Crippen molar-refractivity contribution < 1.29 is 0 Å². The van der Waals surface area contributed by atoms with E-state index in [-0.39, 0.29) is 12.4 Å². The Bertz CT molecular complexity index is 735. The Morgan fingerprint density at radius 1 is 1.14 bits per heavy atom. The average molecular weight is 332 g/mol. The van der Waals surface area contributed by atoms with Crippen LogP contribution in [0.1, 0.15) is 18.4 Å². The van der Waals surface area contributed by atoms with Crippen LogP contribution in [0.4, 0.5) is 11.4 Å². The summed E-state index contributed by atoms with van der Waals surface area (Å²) in [5.41, 5.74) is 2.38. The lowest BCUT2D eigenvalue weighted by Crippen LogP contribution is -2.23. The number of nitriles is 1. The molecule has 22 heavy (non-hydrogen) atoms. The van der Waals surface area contributed by atoms with E-state index < -0.39 is 0 Å². The van der Waals surface area contributed by atoms with Crippen molar-refractivity contribution in [3.05, 3.63) is 59.1 Å². The number of aliphatic imine (C=N–C) groups is 1. The third-order valence-corrected chi connectivity index (χ3v) is 3.72. The van der Waals surface area contributed by atoms with Gasteiger partial charge in [0.2, 0.25) is 0 Å². The molecule has 0 unspecified atom stereocenters. The van der Waals surface area contributed by atoms with Gasteiger partial charge in [0, 0.05) is 23.7 Å². The van der Waals surface area contributed by atoms with E-state index in [1.54, 1.807) is 6.07 Å². The second kappa shape index (κ2) is 7.31. The van der Waals surface area contributed by atoms with E-state index in [0.717, 1.165) is 41.6 Å². The van der Waals surface area contributed by atoms with E-state index in [4.69, 9.17) is 21.9 Å². The number of para-hydroxylation sites is 1. The minimum atomic E-state index is 0. The molecule has 1 aliphatic heterocycles. The molecule has 1 aliphatic rings. The van der Waals surface area contributed by atoms with Crippen LogP contribution in [0.15, 0.2) is 53.5 Å². The van der Waals surface area contributed by atoms with Crippen LogP contribution in [0, 0.1) is 11.3 Å².